The topological polar surface area (TPSA) is 120 Å². The van der Waals surface area contributed by atoms with Gasteiger partial charge >= 0.3 is 11.8 Å². The third-order valence-corrected chi connectivity index (χ3v) is 3.79. The van der Waals surface area contributed by atoms with Gasteiger partial charge in [0.05, 0.1) is 19.8 Å². The number of amides is 3. The van der Waals surface area contributed by atoms with Crippen molar-refractivity contribution in [2.75, 3.05) is 26.5 Å². The van der Waals surface area contributed by atoms with Crippen molar-refractivity contribution < 1.29 is 23.9 Å². The maximum atomic E-state index is 12.0. The van der Waals surface area contributed by atoms with E-state index in [0.717, 1.165) is 5.56 Å². The standard InChI is InChI=1S/C19H21N3O5/c1-26-15-8-7-12(11-16(15)27-2)9-10-21-18(24)19(25)22-17(23)13-5-3-4-6-14(13)20/h3-8,11H,9-10,20H2,1-2H3,(H,21,24)(H,22,23,25). The summed E-state index contributed by atoms with van der Waals surface area (Å²) in [6.45, 7) is 0.212. The van der Waals surface area contributed by atoms with Crippen molar-refractivity contribution in [3.05, 3.63) is 53.6 Å². The maximum Gasteiger partial charge on any atom is 0.316 e. The number of benzene rings is 2. The second-order valence-electron chi connectivity index (χ2n) is 5.57. The number of carbonyl (C=O) groups excluding carboxylic acids is 3. The Labute approximate surface area is 156 Å². The van der Waals surface area contributed by atoms with Gasteiger partial charge in [0.2, 0.25) is 0 Å². The van der Waals surface area contributed by atoms with Gasteiger partial charge in [0.1, 0.15) is 0 Å². The quantitative estimate of drug-likeness (QED) is 0.513. The molecule has 0 atom stereocenters. The largest absolute Gasteiger partial charge is 0.493 e. The molecule has 27 heavy (non-hydrogen) atoms. The molecule has 0 radical (unpaired) electrons. The van der Waals surface area contributed by atoms with Crippen LogP contribution in [-0.2, 0) is 16.0 Å². The van der Waals surface area contributed by atoms with Crippen LogP contribution in [0.15, 0.2) is 42.5 Å². The molecule has 0 aliphatic heterocycles. The van der Waals surface area contributed by atoms with Crippen molar-refractivity contribution in [3.63, 3.8) is 0 Å². The second kappa shape index (κ2) is 9.23. The number of imide groups is 1. The van der Waals surface area contributed by atoms with E-state index in [-0.39, 0.29) is 17.8 Å². The molecule has 0 aromatic heterocycles. The monoisotopic (exact) mass is 371 g/mol. The summed E-state index contributed by atoms with van der Waals surface area (Å²) in [7, 11) is 3.07. The van der Waals surface area contributed by atoms with Crippen molar-refractivity contribution >= 4 is 23.4 Å². The van der Waals surface area contributed by atoms with Gasteiger partial charge in [-0.2, -0.15) is 0 Å². The fourth-order valence-corrected chi connectivity index (χ4v) is 2.37. The lowest BCUT2D eigenvalue weighted by molar-refractivity contribution is -0.138. The summed E-state index contributed by atoms with van der Waals surface area (Å²) in [5, 5.41) is 4.47. The first-order valence-corrected chi connectivity index (χ1v) is 8.15. The Morgan fingerprint density at radius 3 is 2.33 bits per heavy atom. The van der Waals surface area contributed by atoms with Gasteiger partial charge in [-0.15, -0.1) is 0 Å². The fraction of sp³-hybridized carbons (Fsp3) is 0.211. The van der Waals surface area contributed by atoms with E-state index in [4.69, 9.17) is 15.2 Å². The molecule has 0 aliphatic rings. The minimum atomic E-state index is -1.05. The Morgan fingerprint density at radius 1 is 0.963 bits per heavy atom. The number of hydrogen-bond acceptors (Lipinski definition) is 6. The van der Waals surface area contributed by atoms with Gasteiger partial charge < -0.3 is 20.5 Å². The molecule has 0 aliphatic carbocycles. The number of ether oxygens (including phenoxy) is 2. The first kappa shape index (κ1) is 19.8. The van der Waals surface area contributed by atoms with Gasteiger partial charge in [-0.1, -0.05) is 18.2 Å². The first-order chi connectivity index (χ1) is 13.0. The van der Waals surface area contributed by atoms with Crippen LogP contribution in [0.25, 0.3) is 0 Å². The molecule has 0 spiro atoms. The molecule has 142 valence electrons. The Kier molecular flexibility index (Phi) is 6.76. The number of rotatable bonds is 6. The minimum Gasteiger partial charge on any atom is -0.493 e. The summed E-state index contributed by atoms with van der Waals surface area (Å²) in [5.41, 5.74) is 6.91. The predicted molar refractivity (Wildman–Crippen MR) is 99.6 cm³/mol. The molecule has 2 rings (SSSR count). The van der Waals surface area contributed by atoms with Gasteiger partial charge in [-0.25, -0.2) is 0 Å². The van der Waals surface area contributed by atoms with E-state index in [9.17, 15) is 14.4 Å². The number of nitrogens with two attached hydrogens (primary N) is 1. The van der Waals surface area contributed by atoms with Crippen LogP contribution in [0.5, 0.6) is 11.5 Å². The SMILES string of the molecule is COc1ccc(CCNC(=O)C(=O)NC(=O)c2ccccc2N)cc1OC. The third-order valence-electron chi connectivity index (χ3n) is 3.79. The molecule has 0 saturated heterocycles. The Morgan fingerprint density at radius 2 is 1.67 bits per heavy atom. The number of para-hydroxylation sites is 1. The highest BCUT2D eigenvalue weighted by atomic mass is 16.5. The van der Waals surface area contributed by atoms with Crippen LogP contribution < -0.4 is 25.8 Å². The van der Waals surface area contributed by atoms with E-state index >= 15 is 0 Å². The van der Waals surface area contributed by atoms with E-state index in [1.807, 2.05) is 11.4 Å². The number of carbonyl (C=O) groups is 3. The summed E-state index contributed by atoms with van der Waals surface area (Å²) in [6.07, 6.45) is 0.471. The molecule has 2 aromatic rings. The van der Waals surface area contributed by atoms with E-state index < -0.39 is 17.7 Å². The average molecular weight is 371 g/mol. The molecule has 3 amide bonds. The molecule has 0 heterocycles. The fourth-order valence-electron chi connectivity index (χ4n) is 2.37. The van der Waals surface area contributed by atoms with Gasteiger partial charge in [0.15, 0.2) is 11.5 Å². The molecule has 0 bridgehead atoms. The lowest BCUT2D eigenvalue weighted by Crippen LogP contribution is -2.43. The maximum absolute atomic E-state index is 12.0. The molecule has 8 nitrogen and oxygen atoms in total. The third kappa shape index (κ3) is 5.21. The van der Waals surface area contributed by atoms with Gasteiger partial charge in [-0.3, -0.25) is 19.7 Å². The molecule has 4 N–H and O–H groups in total. The zero-order chi connectivity index (χ0) is 19.8. The number of methoxy groups -OCH3 is 2. The van der Waals surface area contributed by atoms with Crippen molar-refractivity contribution in [1.82, 2.24) is 10.6 Å². The zero-order valence-electron chi connectivity index (χ0n) is 15.1. The average Bonchev–Trinajstić information content (AvgIpc) is 2.67. The Hall–Kier alpha value is -3.55. The van der Waals surface area contributed by atoms with E-state index in [1.165, 1.54) is 19.2 Å². The summed E-state index contributed by atoms with van der Waals surface area (Å²) < 4.78 is 10.4. The molecular formula is C19H21N3O5. The van der Waals surface area contributed by atoms with Crippen LogP contribution in [0.1, 0.15) is 15.9 Å². The molecule has 2 aromatic carbocycles. The molecule has 8 heteroatoms. The highest BCUT2D eigenvalue weighted by molar-refractivity contribution is 6.38. The number of hydrogen-bond donors (Lipinski definition) is 3. The highest BCUT2D eigenvalue weighted by Gasteiger charge is 2.18. The summed E-state index contributed by atoms with van der Waals surface area (Å²) in [5.74, 6) is -1.50. The van der Waals surface area contributed by atoms with Crippen LogP contribution in [0.3, 0.4) is 0 Å². The number of nitrogens with one attached hydrogen (secondary N) is 2. The Bertz CT molecular complexity index is 851. The minimum absolute atomic E-state index is 0.129. The lowest BCUT2D eigenvalue weighted by Gasteiger charge is -2.10. The predicted octanol–water partition coefficient (Wildman–Crippen LogP) is 0.901. The highest BCUT2D eigenvalue weighted by Crippen LogP contribution is 2.27. The van der Waals surface area contributed by atoms with E-state index in [1.54, 1.807) is 31.4 Å². The van der Waals surface area contributed by atoms with Crippen LogP contribution in [0.4, 0.5) is 5.69 Å². The molecule has 0 unspecified atom stereocenters. The smallest absolute Gasteiger partial charge is 0.316 e. The molecular weight excluding hydrogens is 350 g/mol. The molecule has 0 saturated carbocycles. The van der Waals surface area contributed by atoms with E-state index in [2.05, 4.69) is 5.32 Å². The van der Waals surface area contributed by atoms with Gasteiger partial charge in [0.25, 0.3) is 5.91 Å². The van der Waals surface area contributed by atoms with Crippen LogP contribution in [0, 0.1) is 0 Å². The number of nitrogen functional groups attached to an aromatic ring is 1. The van der Waals surface area contributed by atoms with Crippen LogP contribution in [0.2, 0.25) is 0 Å². The van der Waals surface area contributed by atoms with Gasteiger partial charge in [-0.05, 0) is 36.2 Å². The van der Waals surface area contributed by atoms with Crippen molar-refractivity contribution in [1.29, 1.82) is 0 Å². The zero-order valence-corrected chi connectivity index (χ0v) is 15.1. The van der Waals surface area contributed by atoms with Crippen molar-refractivity contribution in [2.45, 2.75) is 6.42 Å². The summed E-state index contributed by atoms with van der Waals surface area (Å²) >= 11 is 0. The second-order valence-corrected chi connectivity index (χ2v) is 5.57. The molecule has 0 fully saturated rings. The summed E-state index contributed by atoms with van der Waals surface area (Å²) in [4.78, 5) is 35.7. The number of anilines is 1. The lowest BCUT2D eigenvalue weighted by atomic mass is 10.1. The van der Waals surface area contributed by atoms with Crippen molar-refractivity contribution in [2.24, 2.45) is 0 Å². The van der Waals surface area contributed by atoms with E-state index in [0.29, 0.717) is 17.9 Å². The first-order valence-electron chi connectivity index (χ1n) is 8.15. The van der Waals surface area contributed by atoms with Crippen LogP contribution in [-0.4, -0.2) is 38.5 Å². The normalized spacial score (nSPS) is 10.0. The van der Waals surface area contributed by atoms with Crippen LogP contribution >= 0.6 is 0 Å². The van der Waals surface area contributed by atoms with Gasteiger partial charge in [0, 0.05) is 12.2 Å². The van der Waals surface area contributed by atoms with Crippen molar-refractivity contribution in [3.8, 4) is 11.5 Å². The summed E-state index contributed by atoms with van der Waals surface area (Å²) in [6, 6.07) is 11.6. The Balaban J connectivity index is 1.86.